The van der Waals surface area contributed by atoms with E-state index in [1.54, 1.807) is 22.4 Å². The summed E-state index contributed by atoms with van der Waals surface area (Å²) in [6.45, 7) is 0.514. The standard InChI is InChI=1S/C19H17N3O4S2.H2/c23-18-17(26-15-4-2-1-3-5-15)10-12-22(18)14-6-8-16(9-7-14)28(24,25)21-19-20-11-13-27-19;/h1-9,11,13,17H,10,12H2,(H,20,21);1H. The van der Waals surface area contributed by atoms with E-state index >= 15 is 0 Å². The molecule has 1 N–H and O–H groups in total. The number of carbonyl (C=O) groups excluding carboxylic acids is 1. The van der Waals surface area contributed by atoms with E-state index in [0.29, 0.717) is 29.5 Å². The van der Waals surface area contributed by atoms with Gasteiger partial charge in [-0.05, 0) is 36.4 Å². The molecule has 1 aliphatic heterocycles. The highest BCUT2D eigenvalue weighted by Crippen LogP contribution is 2.26. The van der Waals surface area contributed by atoms with Crippen LogP contribution in [0.1, 0.15) is 7.85 Å². The Balaban J connectivity index is 0.00000240. The lowest BCUT2D eigenvalue weighted by atomic mass is 10.3. The minimum Gasteiger partial charge on any atom is -0.481 e. The van der Waals surface area contributed by atoms with Crippen molar-refractivity contribution in [3.63, 3.8) is 0 Å². The summed E-state index contributed by atoms with van der Waals surface area (Å²) in [5.41, 5.74) is 0.636. The second-order valence-electron chi connectivity index (χ2n) is 6.13. The van der Waals surface area contributed by atoms with Crippen molar-refractivity contribution in [2.45, 2.75) is 17.4 Å². The van der Waals surface area contributed by atoms with Crippen molar-refractivity contribution in [1.82, 2.24) is 4.98 Å². The number of nitrogens with one attached hydrogen (secondary N) is 1. The molecule has 1 saturated heterocycles. The number of para-hydroxylation sites is 1. The van der Waals surface area contributed by atoms with Crippen LogP contribution in [-0.4, -0.2) is 32.0 Å². The summed E-state index contributed by atoms with van der Waals surface area (Å²) in [6, 6.07) is 15.4. The van der Waals surface area contributed by atoms with Crippen molar-refractivity contribution < 1.29 is 19.4 Å². The van der Waals surface area contributed by atoms with Crippen molar-refractivity contribution in [1.29, 1.82) is 0 Å². The molecule has 1 aromatic heterocycles. The predicted octanol–water partition coefficient (Wildman–Crippen LogP) is 3.37. The molecule has 0 saturated carbocycles. The fraction of sp³-hybridized carbons (Fsp3) is 0.158. The van der Waals surface area contributed by atoms with Gasteiger partial charge in [0.05, 0.1) is 4.90 Å². The molecule has 0 radical (unpaired) electrons. The topological polar surface area (TPSA) is 88.6 Å². The Labute approximate surface area is 168 Å². The molecule has 1 atom stereocenters. The van der Waals surface area contributed by atoms with Gasteiger partial charge in [-0.3, -0.25) is 9.52 Å². The first-order chi connectivity index (χ1) is 13.5. The smallest absolute Gasteiger partial charge is 0.268 e. The van der Waals surface area contributed by atoms with Crippen molar-refractivity contribution in [3.05, 3.63) is 66.2 Å². The van der Waals surface area contributed by atoms with Crippen LogP contribution in [0.2, 0.25) is 0 Å². The summed E-state index contributed by atoms with van der Waals surface area (Å²) in [5.74, 6) is 0.512. The minimum absolute atomic E-state index is 0. The molecular weight excluding hydrogens is 398 g/mol. The SMILES string of the molecule is O=C1C(Oc2ccccc2)CCN1c1ccc(S(=O)(=O)Nc2nccs2)cc1.[HH]. The number of carbonyl (C=O) groups is 1. The van der Waals surface area contributed by atoms with Crippen molar-refractivity contribution in [3.8, 4) is 5.75 Å². The average molecular weight is 418 g/mol. The summed E-state index contributed by atoms with van der Waals surface area (Å²) in [5, 5.41) is 1.99. The Kier molecular flexibility index (Phi) is 5.01. The first kappa shape index (κ1) is 18.5. The van der Waals surface area contributed by atoms with Crippen molar-refractivity contribution in [2.24, 2.45) is 0 Å². The summed E-state index contributed by atoms with van der Waals surface area (Å²) < 4.78 is 33.0. The van der Waals surface area contributed by atoms with Crippen LogP contribution in [-0.2, 0) is 14.8 Å². The number of hydrogen-bond donors (Lipinski definition) is 1. The largest absolute Gasteiger partial charge is 0.481 e. The van der Waals surface area contributed by atoms with E-state index in [4.69, 9.17) is 4.74 Å². The molecule has 0 aliphatic carbocycles. The third-order valence-corrected chi connectivity index (χ3v) is 6.46. The summed E-state index contributed by atoms with van der Waals surface area (Å²) in [6.07, 6.45) is 1.55. The zero-order valence-corrected chi connectivity index (χ0v) is 16.3. The fourth-order valence-electron chi connectivity index (χ4n) is 2.94. The molecule has 3 aromatic rings. The Hall–Kier alpha value is -2.91. The molecular formula is C19H19N3O4S2. The first-order valence-electron chi connectivity index (χ1n) is 8.58. The summed E-state index contributed by atoms with van der Waals surface area (Å²) >= 11 is 1.20. The van der Waals surface area contributed by atoms with E-state index < -0.39 is 16.1 Å². The predicted molar refractivity (Wildman–Crippen MR) is 109 cm³/mol. The van der Waals surface area contributed by atoms with Crippen LogP contribution >= 0.6 is 11.3 Å². The molecule has 2 aromatic carbocycles. The number of aromatic nitrogens is 1. The number of sulfonamides is 1. The van der Waals surface area contributed by atoms with Gasteiger partial charge in [-0.2, -0.15) is 0 Å². The summed E-state index contributed by atoms with van der Waals surface area (Å²) in [7, 11) is -3.72. The number of anilines is 2. The van der Waals surface area contributed by atoms with E-state index in [-0.39, 0.29) is 12.2 Å². The molecule has 2 heterocycles. The molecule has 28 heavy (non-hydrogen) atoms. The van der Waals surface area contributed by atoms with E-state index in [9.17, 15) is 13.2 Å². The van der Waals surface area contributed by atoms with Crippen LogP contribution in [0.15, 0.2) is 71.1 Å². The third kappa shape index (κ3) is 3.85. The van der Waals surface area contributed by atoms with Crippen LogP contribution in [0, 0.1) is 0 Å². The zero-order chi connectivity index (χ0) is 19.6. The first-order valence-corrected chi connectivity index (χ1v) is 10.9. The second kappa shape index (κ2) is 7.61. The van der Waals surface area contributed by atoms with Crippen LogP contribution in [0.4, 0.5) is 10.8 Å². The molecule has 1 amide bonds. The Bertz CT molecular complexity index is 1060. The van der Waals surface area contributed by atoms with Gasteiger partial charge in [0, 0.05) is 31.7 Å². The lowest BCUT2D eigenvalue weighted by molar-refractivity contribution is -0.122. The quantitative estimate of drug-likeness (QED) is 0.664. The van der Waals surface area contributed by atoms with Crippen molar-refractivity contribution in [2.75, 3.05) is 16.2 Å². The van der Waals surface area contributed by atoms with Gasteiger partial charge in [0.25, 0.3) is 15.9 Å². The average Bonchev–Trinajstić information content (AvgIpc) is 3.33. The molecule has 1 unspecified atom stereocenters. The van der Waals surface area contributed by atoms with E-state index in [2.05, 4.69) is 9.71 Å². The highest BCUT2D eigenvalue weighted by molar-refractivity contribution is 7.93. The van der Waals surface area contributed by atoms with Gasteiger partial charge in [-0.15, -0.1) is 11.3 Å². The van der Waals surface area contributed by atoms with E-state index in [1.807, 2.05) is 30.3 Å². The molecule has 146 valence electrons. The number of amides is 1. The van der Waals surface area contributed by atoms with Gasteiger partial charge in [0.1, 0.15) is 5.75 Å². The van der Waals surface area contributed by atoms with Gasteiger partial charge >= 0.3 is 0 Å². The number of nitrogens with zero attached hydrogens (tertiary/aromatic N) is 2. The minimum atomic E-state index is -3.72. The number of rotatable bonds is 6. The monoisotopic (exact) mass is 417 g/mol. The fourth-order valence-corrected chi connectivity index (χ4v) is 4.72. The van der Waals surface area contributed by atoms with Crippen LogP contribution in [0.25, 0.3) is 0 Å². The third-order valence-electron chi connectivity index (χ3n) is 4.29. The Morgan fingerprint density at radius 3 is 2.57 bits per heavy atom. The molecule has 7 nitrogen and oxygen atoms in total. The number of ether oxygens (including phenoxy) is 1. The number of benzene rings is 2. The van der Waals surface area contributed by atoms with Crippen molar-refractivity contribution >= 4 is 38.1 Å². The van der Waals surface area contributed by atoms with Crippen LogP contribution in [0.5, 0.6) is 5.75 Å². The normalized spacial score (nSPS) is 16.9. The summed E-state index contributed by atoms with van der Waals surface area (Å²) in [4.78, 5) is 18.3. The van der Waals surface area contributed by atoms with Crippen LogP contribution < -0.4 is 14.4 Å². The lowest BCUT2D eigenvalue weighted by Gasteiger charge is -2.17. The lowest BCUT2D eigenvalue weighted by Crippen LogP contribution is -2.32. The molecule has 0 bridgehead atoms. The number of hydrogen-bond acceptors (Lipinski definition) is 6. The highest BCUT2D eigenvalue weighted by Gasteiger charge is 2.34. The molecule has 1 fully saturated rings. The number of thiazole rings is 1. The Morgan fingerprint density at radius 1 is 1.14 bits per heavy atom. The zero-order valence-electron chi connectivity index (χ0n) is 14.7. The van der Waals surface area contributed by atoms with Crippen LogP contribution in [0.3, 0.4) is 0 Å². The molecule has 9 heteroatoms. The maximum Gasteiger partial charge on any atom is 0.268 e. The van der Waals surface area contributed by atoms with Gasteiger partial charge < -0.3 is 9.64 Å². The molecule has 1 aliphatic rings. The van der Waals surface area contributed by atoms with E-state index in [0.717, 1.165) is 0 Å². The van der Waals surface area contributed by atoms with Gasteiger partial charge in [-0.1, -0.05) is 18.2 Å². The van der Waals surface area contributed by atoms with E-state index in [1.165, 1.54) is 29.7 Å². The second-order valence-corrected chi connectivity index (χ2v) is 8.71. The Morgan fingerprint density at radius 2 is 1.89 bits per heavy atom. The van der Waals surface area contributed by atoms with Gasteiger partial charge in [-0.25, -0.2) is 13.4 Å². The molecule has 4 rings (SSSR count). The highest BCUT2D eigenvalue weighted by atomic mass is 32.2. The maximum atomic E-state index is 12.7. The van der Waals surface area contributed by atoms with Gasteiger partial charge in [0.2, 0.25) is 0 Å². The molecule has 0 spiro atoms. The maximum absolute atomic E-state index is 12.7. The van der Waals surface area contributed by atoms with Gasteiger partial charge in [0.15, 0.2) is 11.2 Å².